The summed E-state index contributed by atoms with van der Waals surface area (Å²) in [4.78, 5) is 0. The molecule has 0 amide bonds. The zero-order valence-corrected chi connectivity index (χ0v) is 11.0. The molecule has 2 nitrogen and oxygen atoms in total. The molecule has 2 N–H and O–H groups in total. The lowest BCUT2D eigenvalue weighted by Crippen LogP contribution is -2.48. The molecule has 0 aromatic carbocycles. The van der Waals surface area contributed by atoms with Gasteiger partial charge in [0.05, 0.1) is 10.8 Å². The lowest BCUT2D eigenvalue weighted by Gasteiger charge is -2.28. The molecule has 0 fully saturated rings. The van der Waals surface area contributed by atoms with Crippen molar-refractivity contribution in [3.8, 4) is 0 Å². The Hall–Kier alpha value is -0.0300. The number of thiophene rings is 1. The van der Waals surface area contributed by atoms with Gasteiger partial charge >= 0.3 is 0 Å². The fraction of sp³-hybridized carbons (Fsp3) is 0.636. The van der Waals surface area contributed by atoms with Gasteiger partial charge in [-0.15, -0.1) is 23.1 Å². The summed E-state index contributed by atoms with van der Waals surface area (Å²) in [6, 6.07) is 4.18. The number of thioether (sulfide) groups is 1. The average Bonchev–Trinajstić information content (AvgIpc) is 2.76. The van der Waals surface area contributed by atoms with E-state index in [4.69, 9.17) is 0 Å². The Morgan fingerprint density at radius 2 is 2.40 bits per heavy atom. The molecule has 15 heavy (non-hydrogen) atoms. The Morgan fingerprint density at radius 1 is 1.60 bits per heavy atom. The van der Waals surface area contributed by atoms with Crippen LogP contribution in [0.4, 0.5) is 0 Å². The summed E-state index contributed by atoms with van der Waals surface area (Å²) >= 11 is 3.56. The Balaban J connectivity index is 2.38. The van der Waals surface area contributed by atoms with Crippen LogP contribution in [-0.4, -0.2) is 29.5 Å². The highest BCUT2D eigenvalue weighted by Crippen LogP contribution is 2.26. The Morgan fingerprint density at radius 3 is 2.93 bits per heavy atom. The summed E-state index contributed by atoms with van der Waals surface area (Å²) in [5.41, 5.74) is -0.162. The molecule has 1 aromatic heterocycles. The number of hydrogen-bond acceptors (Lipinski definition) is 4. The number of aliphatic hydroxyl groups is 1. The van der Waals surface area contributed by atoms with Crippen molar-refractivity contribution in [2.75, 3.05) is 18.9 Å². The molecule has 0 saturated heterocycles. The molecule has 0 spiro atoms. The number of nitrogens with one attached hydrogen (secondary N) is 1. The summed E-state index contributed by atoms with van der Waals surface area (Å²) in [5.74, 6) is 0.907. The van der Waals surface area contributed by atoms with Gasteiger partial charge in [0.2, 0.25) is 0 Å². The summed E-state index contributed by atoms with van der Waals surface area (Å²) in [5, 5.41) is 14.8. The van der Waals surface area contributed by atoms with Gasteiger partial charge in [0.15, 0.2) is 0 Å². The second-order valence-corrected chi connectivity index (χ2v) is 6.09. The normalized spacial score (nSPS) is 15.1. The first-order valence-corrected chi connectivity index (χ1v) is 7.09. The molecule has 0 bridgehead atoms. The SMILES string of the molecule is CCCNC(C)(CO)CSc1cccs1. The summed E-state index contributed by atoms with van der Waals surface area (Å²) in [6.07, 6.45) is 1.10. The minimum atomic E-state index is -0.162. The van der Waals surface area contributed by atoms with Crippen LogP contribution in [-0.2, 0) is 0 Å². The first kappa shape index (κ1) is 13.0. The van der Waals surface area contributed by atoms with Crippen molar-refractivity contribution in [2.24, 2.45) is 0 Å². The minimum Gasteiger partial charge on any atom is -0.394 e. The van der Waals surface area contributed by atoms with Gasteiger partial charge in [-0.1, -0.05) is 13.0 Å². The van der Waals surface area contributed by atoms with E-state index < -0.39 is 0 Å². The van der Waals surface area contributed by atoms with E-state index >= 15 is 0 Å². The van der Waals surface area contributed by atoms with Crippen LogP contribution in [0.15, 0.2) is 21.7 Å². The van der Waals surface area contributed by atoms with Crippen LogP contribution in [0.5, 0.6) is 0 Å². The Kier molecular flexibility index (Phi) is 5.68. The van der Waals surface area contributed by atoms with Gasteiger partial charge in [-0.2, -0.15) is 0 Å². The lowest BCUT2D eigenvalue weighted by atomic mass is 10.1. The monoisotopic (exact) mass is 245 g/mol. The molecule has 4 heteroatoms. The van der Waals surface area contributed by atoms with E-state index in [2.05, 4.69) is 36.7 Å². The van der Waals surface area contributed by atoms with Crippen LogP contribution in [0.2, 0.25) is 0 Å². The lowest BCUT2D eigenvalue weighted by molar-refractivity contribution is 0.192. The van der Waals surface area contributed by atoms with E-state index in [0.29, 0.717) is 0 Å². The maximum atomic E-state index is 9.37. The maximum absolute atomic E-state index is 9.37. The second kappa shape index (κ2) is 6.53. The predicted molar refractivity (Wildman–Crippen MR) is 68.8 cm³/mol. The molecule has 1 aromatic rings. The maximum Gasteiger partial charge on any atom is 0.0618 e. The van der Waals surface area contributed by atoms with Gasteiger partial charge in [0, 0.05) is 11.3 Å². The molecular weight excluding hydrogens is 226 g/mol. The van der Waals surface area contributed by atoms with Crippen molar-refractivity contribution in [3.63, 3.8) is 0 Å². The zero-order valence-electron chi connectivity index (χ0n) is 9.32. The fourth-order valence-electron chi connectivity index (χ4n) is 1.16. The first-order valence-electron chi connectivity index (χ1n) is 5.22. The quantitative estimate of drug-likeness (QED) is 0.724. The van der Waals surface area contributed by atoms with Gasteiger partial charge in [-0.3, -0.25) is 0 Å². The van der Waals surface area contributed by atoms with E-state index in [0.717, 1.165) is 18.7 Å². The summed E-state index contributed by atoms with van der Waals surface area (Å²) in [6.45, 7) is 5.36. The number of rotatable bonds is 7. The van der Waals surface area contributed by atoms with Gasteiger partial charge in [-0.05, 0) is 31.3 Å². The number of aliphatic hydroxyl groups excluding tert-OH is 1. The van der Waals surface area contributed by atoms with Crippen LogP contribution < -0.4 is 5.32 Å². The smallest absolute Gasteiger partial charge is 0.0618 e. The van der Waals surface area contributed by atoms with Gasteiger partial charge in [0.25, 0.3) is 0 Å². The highest BCUT2D eigenvalue weighted by atomic mass is 32.2. The van der Waals surface area contributed by atoms with E-state index in [9.17, 15) is 5.11 Å². The van der Waals surface area contributed by atoms with E-state index in [-0.39, 0.29) is 12.1 Å². The molecule has 0 aliphatic carbocycles. The fourth-order valence-corrected chi connectivity index (χ4v) is 3.05. The molecule has 0 saturated carbocycles. The number of hydrogen-bond donors (Lipinski definition) is 2. The van der Waals surface area contributed by atoms with Crippen LogP contribution >= 0.6 is 23.1 Å². The second-order valence-electron chi connectivity index (χ2n) is 3.87. The third-order valence-electron chi connectivity index (χ3n) is 2.18. The van der Waals surface area contributed by atoms with Crippen LogP contribution in [0.25, 0.3) is 0 Å². The third-order valence-corrected chi connectivity index (χ3v) is 4.68. The van der Waals surface area contributed by atoms with Crippen molar-refractivity contribution < 1.29 is 5.11 Å². The minimum absolute atomic E-state index is 0.162. The highest BCUT2D eigenvalue weighted by Gasteiger charge is 2.22. The molecule has 1 unspecified atom stereocenters. The largest absolute Gasteiger partial charge is 0.394 e. The van der Waals surface area contributed by atoms with Gasteiger partial charge < -0.3 is 10.4 Å². The van der Waals surface area contributed by atoms with E-state index in [1.54, 1.807) is 23.1 Å². The zero-order chi connectivity index (χ0) is 11.1. The van der Waals surface area contributed by atoms with Crippen LogP contribution in [0, 0.1) is 0 Å². The highest BCUT2D eigenvalue weighted by molar-refractivity contribution is 8.01. The average molecular weight is 245 g/mol. The van der Waals surface area contributed by atoms with Crippen molar-refractivity contribution in [3.05, 3.63) is 17.5 Å². The van der Waals surface area contributed by atoms with Gasteiger partial charge in [-0.25, -0.2) is 0 Å². The molecule has 0 radical (unpaired) electrons. The molecule has 1 rings (SSSR count). The van der Waals surface area contributed by atoms with Crippen molar-refractivity contribution in [1.29, 1.82) is 0 Å². The van der Waals surface area contributed by atoms with Crippen molar-refractivity contribution in [2.45, 2.75) is 30.0 Å². The molecule has 1 heterocycles. The van der Waals surface area contributed by atoms with Crippen LogP contribution in [0.1, 0.15) is 20.3 Å². The standard InChI is InChI=1S/C11H19NOS2/c1-3-6-12-11(2,8-13)9-15-10-5-4-7-14-10/h4-5,7,12-13H,3,6,8-9H2,1-2H3. The summed E-state index contributed by atoms with van der Waals surface area (Å²) < 4.78 is 1.31. The summed E-state index contributed by atoms with van der Waals surface area (Å²) in [7, 11) is 0. The molecule has 86 valence electrons. The Labute approximate surface area is 100 Å². The molecule has 0 aliphatic rings. The topological polar surface area (TPSA) is 32.3 Å². The predicted octanol–water partition coefficient (Wildman–Crippen LogP) is 2.59. The third kappa shape index (κ3) is 4.55. The Bertz CT molecular complexity index is 264. The van der Waals surface area contributed by atoms with Gasteiger partial charge in [0.1, 0.15) is 0 Å². The molecular formula is C11H19NOS2. The van der Waals surface area contributed by atoms with E-state index in [1.165, 1.54) is 4.21 Å². The van der Waals surface area contributed by atoms with Crippen LogP contribution in [0.3, 0.4) is 0 Å². The van der Waals surface area contributed by atoms with Crippen molar-refractivity contribution >= 4 is 23.1 Å². The molecule has 0 aliphatic heterocycles. The first-order chi connectivity index (χ1) is 7.20. The van der Waals surface area contributed by atoms with E-state index in [1.807, 2.05) is 0 Å². The molecule has 1 atom stereocenters. The van der Waals surface area contributed by atoms with Crippen molar-refractivity contribution in [1.82, 2.24) is 5.32 Å².